The van der Waals surface area contributed by atoms with E-state index in [1.54, 1.807) is 54.6 Å². The van der Waals surface area contributed by atoms with E-state index in [0.29, 0.717) is 43.5 Å². The fourth-order valence-electron chi connectivity index (χ4n) is 4.00. The average Bonchev–Trinajstić information content (AvgIpc) is 3.33. The van der Waals surface area contributed by atoms with Gasteiger partial charge in [-0.3, -0.25) is 15.0 Å². The van der Waals surface area contributed by atoms with Gasteiger partial charge >= 0.3 is 18.2 Å². The van der Waals surface area contributed by atoms with Crippen LogP contribution in [0.3, 0.4) is 0 Å². The van der Waals surface area contributed by atoms with E-state index in [1.807, 2.05) is 0 Å². The minimum atomic E-state index is -5.08. The number of nitrogens with one attached hydrogen (secondary N) is 2. The molecule has 15 heteroatoms. The van der Waals surface area contributed by atoms with Crippen molar-refractivity contribution in [2.24, 2.45) is 0 Å². The summed E-state index contributed by atoms with van der Waals surface area (Å²) in [6, 6.07) is 16.3. The zero-order chi connectivity index (χ0) is 28.7. The topological polar surface area (TPSA) is 156 Å². The number of aliphatic carboxylic acids is 1. The number of nitrogens with zero attached hydrogens (tertiary/aromatic N) is 2. The van der Waals surface area contributed by atoms with Crippen LogP contribution in [0.15, 0.2) is 60.7 Å². The van der Waals surface area contributed by atoms with E-state index in [9.17, 15) is 27.9 Å². The van der Waals surface area contributed by atoms with Crippen LogP contribution >= 0.6 is 23.2 Å². The number of aliphatic hydroxyl groups is 1. The SMILES string of the molecule is O=C(O)C(F)(F)F.O=C(O)Nc1nc2cc(C3(O)c4ccccc4C(=O)N3c3cc(Cl)cc(Cl)c3)ccc2[nH]1. The molecule has 0 saturated heterocycles. The summed E-state index contributed by atoms with van der Waals surface area (Å²) in [4.78, 5) is 41.5. The van der Waals surface area contributed by atoms with Gasteiger partial charge in [-0.2, -0.15) is 13.2 Å². The number of carboxylic acid groups (broad SMARTS) is 2. The summed E-state index contributed by atoms with van der Waals surface area (Å²) in [7, 11) is 0. The molecule has 0 radical (unpaired) electrons. The Kier molecular flexibility index (Phi) is 7.17. The van der Waals surface area contributed by atoms with E-state index in [2.05, 4.69) is 15.3 Å². The van der Waals surface area contributed by atoms with Crippen LogP contribution < -0.4 is 10.2 Å². The molecule has 10 nitrogen and oxygen atoms in total. The van der Waals surface area contributed by atoms with E-state index >= 15 is 0 Å². The fourth-order valence-corrected chi connectivity index (χ4v) is 4.52. The Hall–Kier alpha value is -4.33. The van der Waals surface area contributed by atoms with Crippen molar-refractivity contribution in [2.45, 2.75) is 11.9 Å². The molecule has 1 unspecified atom stereocenters. The van der Waals surface area contributed by atoms with Gasteiger partial charge in [0.05, 0.1) is 16.7 Å². The number of amides is 2. The summed E-state index contributed by atoms with van der Waals surface area (Å²) in [5.41, 5.74) is 0.474. The van der Waals surface area contributed by atoms with Gasteiger partial charge in [0.25, 0.3) is 5.91 Å². The van der Waals surface area contributed by atoms with Crippen molar-refractivity contribution in [2.75, 3.05) is 10.2 Å². The number of imidazole rings is 1. The minimum Gasteiger partial charge on any atom is -0.475 e. The summed E-state index contributed by atoms with van der Waals surface area (Å²) in [6.45, 7) is 0. The number of aromatic nitrogens is 2. The summed E-state index contributed by atoms with van der Waals surface area (Å²) in [6.07, 6.45) is -6.35. The Morgan fingerprint density at radius 1 is 1.00 bits per heavy atom. The first-order valence-corrected chi connectivity index (χ1v) is 11.4. The van der Waals surface area contributed by atoms with E-state index in [-0.39, 0.29) is 5.95 Å². The molecule has 2 amide bonds. The molecule has 3 aromatic carbocycles. The summed E-state index contributed by atoms with van der Waals surface area (Å²) in [5, 5.41) is 30.9. The van der Waals surface area contributed by atoms with Crippen molar-refractivity contribution in [3.8, 4) is 0 Å². The maximum Gasteiger partial charge on any atom is 0.490 e. The van der Waals surface area contributed by atoms with Crippen LogP contribution in [0.25, 0.3) is 11.0 Å². The molecule has 0 aliphatic carbocycles. The Morgan fingerprint density at radius 3 is 2.21 bits per heavy atom. The van der Waals surface area contributed by atoms with Crippen LogP contribution in [0.1, 0.15) is 21.5 Å². The van der Waals surface area contributed by atoms with Gasteiger partial charge in [0.15, 0.2) is 5.72 Å². The third-order valence-corrected chi connectivity index (χ3v) is 5.96. The standard InChI is InChI=1S/C22H14Cl2N4O4.C2HF3O2/c23-12-8-13(24)10-14(9-12)28-19(29)15-3-1-2-4-16(15)22(28,32)11-5-6-17-18(7-11)26-20(25-17)27-21(30)31;3-2(4,5)1(6)7/h1-10,32H,(H,30,31)(H2,25,26,27);(H,6,7). The number of carboxylic acids is 1. The molecule has 39 heavy (non-hydrogen) atoms. The smallest absolute Gasteiger partial charge is 0.475 e. The lowest BCUT2D eigenvalue weighted by molar-refractivity contribution is -0.192. The molecule has 1 aromatic heterocycles. The largest absolute Gasteiger partial charge is 0.490 e. The lowest BCUT2D eigenvalue weighted by Crippen LogP contribution is -2.45. The van der Waals surface area contributed by atoms with Gasteiger partial charge in [-0.1, -0.05) is 47.5 Å². The molecular weight excluding hydrogens is 568 g/mol. The molecule has 0 bridgehead atoms. The van der Waals surface area contributed by atoms with Gasteiger partial charge in [0.1, 0.15) is 0 Å². The maximum atomic E-state index is 13.4. The highest BCUT2D eigenvalue weighted by Crippen LogP contribution is 2.46. The molecule has 4 aromatic rings. The Bertz CT molecular complexity index is 1610. The van der Waals surface area contributed by atoms with Crippen LogP contribution in [0.2, 0.25) is 10.0 Å². The number of fused-ring (bicyclic) bond motifs is 2. The average molecular weight is 583 g/mol. The number of hydrogen-bond acceptors (Lipinski definition) is 5. The van der Waals surface area contributed by atoms with E-state index < -0.39 is 29.9 Å². The molecule has 5 rings (SSSR count). The Morgan fingerprint density at radius 2 is 1.62 bits per heavy atom. The third-order valence-electron chi connectivity index (χ3n) is 5.52. The number of anilines is 2. The predicted octanol–water partition coefficient (Wildman–Crippen LogP) is 5.45. The van der Waals surface area contributed by atoms with Crippen molar-refractivity contribution in [1.29, 1.82) is 0 Å². The monoisotopic (exact) mass is 582 g/mol. The lowest BCUT2D eigenvalue weighted by Gasteiger charge is -2.35. The highest BCUT2D eigenvalue weighted by molar-refractivity contribution is 6.35. The zero-order valence-electron chi connectivity index (χ0n) is 19.1. The Labute approximate surface area is 226 Å². The molecule has 0 fully saturated rings. The quantitative estimate of drug-likeness (QED) is 0.215. The van der Waals surface area contributed by atoms with Gasteiger partial charge < -0.3 is 20.3 Å². The molecule has 5 N–H and O–H groups in total. The number of benzene rings is 3. The van der Waals surface area contributed by atoms with Gasteiger partial charge in [-0.25, -0.2) is 14.6 Å². The van der Waals surface area contributed by atoms with Crippen molar-refractivity contribution in [3.63, 3.8) is 0 Å². The summed E-state index contributed by atoms with van der Waals surface area (Å²) >= 11 is 12.4. The van der Waals surface area contributed by atoms with Gasteiger partial charge in [0.2, 0.25) is 5.95 Å². The highest BCUT2D eigenvalue weighted by atomic mass is 35.5. The van der Waals surface area contributed by atoms with Gasteiger partial charge in [-0.15, -0.1) is 0 Å². The normalized spacial score (nSPS) is 16.5. The number of hydrogen-bond donors (Lipinski definition) is 5. The molecule has 202 valence electrons. The number of aromatic amines is 1. The van der Waals surface area contributed by atoms with Gasteiger partial charge in [0, 0.05) is 26.7 Å². The minimum absolute atomic E-state index is 0.0398. The number of carbonyl (C=O) groups excluding carboxylic acids is 1. The first-order chi connectivity index (χ1) is 18.2. The Balaban J connectivity index is 0.000000448. The second-order valence-corrected chi connectivity index (χ2v) is 8.91. The first kappa shape index (κ1) is 27.7. The van der Waals surface area contributed by atoms with Crippen molar-refractivity contribution in [3.05, 3.63) is 87.4 Å². The maximum absolute atomic E-state index is 13.4. The van der Waals surface area contributed by atoms with E-state index in [1.165, 1.54) is 11.0 Å². The van der Waals surface area contributed by atoms with Crippen LogP contribution in [-0.2, 0) is 10.5 Å². The van der Waals surface area contributed by atoms with Crippen LogP contribution in [-0.4, -0.2) is 49.4 Å². The van der Waals surface area contributed by atoms with Crippen LogP contribution in [0.5, 0.6) is 0 Å². The van der Waals surface area contributed by atoms with E-state index in [4.69, 9.17) is 38.2 Å². The van der Waals surface area contributed by atoms with Gasteiger partial charge in [-0.05, 0) is 36.4 Å². The zero-order valence-corrected chi connectivity index (χ0v) is 20.6. The fraction of sp³-hybridized carbons (Fsp3) is 0.0833. The molecular formula is C24H15Cl2F3N4O6. The number of carbonyl (C=O) groups is 3. The second kappa shape index (κ2) is 10.1. The van der Waals surface area contributed by atoms with Crippen LogP contribution in [0.4, 0.5) is 29.6 Å². The highest BCUT2D eigenvalue weighted by Gasteiger charge is 2.51. The number of H-pyrrole nitrogens is 1. The van der Waals surface area contributed by atoms with Crippen molar-refractivity contribution in [1.82, 2.24) is 9.97 Å². The van der Waals surface area contributed by atoms with Crippen LogP contribution in [0, 0.1) is 0 Å². The number of alkyl halides is 3. The van der Waals surface area contributed by atoms with Crippen molar-refractivity contribution >= 4 is 63.8 Å². The molecule has 0 spiro atoms. The molecule has 1 atom stereocenters. The molecule has 1 aliphatic heterocycles. The summed E-state index contributed by atoms with van der Waals surface area (Å²) < 4.78 is 31.7. The molecule has 1 aliphatic rings. The van der Waals surface area contributed by atoms with E-state index in [0.717, 1.165) is 0 Å². The first-order valence-electron chi connectivity index (χ1n) is 10.6. The number of rotatable bonds is 3. The van der Waals surface area contributed by atoms with Crippen molar-refractivity contribution < 1.29 is 42.9 Å². The lowest BCUT2D eigenvalue weighted by atomic mass is 9.93. The number of halogens is 5. The third kappa shape index (κ3) is 5.32. The predicted molar refractivity (Wildman–Crippen MR) is 134 cm³/mol. The summed E-state index contributed by atoms with van der Waals surface area (Å²) in [5.74, 6) is -3.14. The second-order valence-electron chi connectivity index (χ2n) is 8.04. The molecule has 2 heterocycles. The molecule has 0 saturated carbocycles.